The van der Waals surface area contributed by atoms with Gasteiger partial charge in [-0.2, -0.15) is 0 Å². The Kier molecular flexibility index (Phi) is 3.92. The number of para-hydroxylation sites is 1. The van der Waals surface area contributed by atoms with Crippen LogP contribution in [0, 0.1) is 0 Å². The third-order valence-electron chi connectivity index (χ3n) is 4.53. The van der Waals surface area contributed by atoms with Gasteiger partial charge in [-0.15, -0.1) is 0 Å². The first-order valence-corrected chi connectivity index (χ1v) is 8.04. The Hall–Kier alpha value is -2.44. The van der Waals surface area contributed by atoms with Crippen LogP contribution in [0.1, 0.15) is 17.6 Å². The van der Waals surface area contributed by atoms with Crippen molar-refractivity contribution in [2.75, 3.05) is 19.8 Å². The van der Waals surface area contributed by atoms with Crippen molar-refractivity contribution in [3.05, 3.63) is 64.6 Å². The fourth-order valence-electron chi connectivity index (χ4n) is 3.16. The predicted molar refractivity (Wildman–Crippen MR) is 89.7 cm³/mol. The van der Waals surface area contributed by atoms with E-state index in [-0.39, 0.29) is 11.6 Å². The van der Waals surface area contributed by atoms with Gasteiger partial charge in [0.2, 0.25) is 0 Å². The average molecular weight is 325 g/mol. The number of fused-ring (bicyclic) bond motifs is 1. The van der Waals surface area contributed by atoms with E-state index in [1.165, 1.54) is 0 Å². The monoisotopic (exact) mass is 325 g/mol. The zero-order chi connectivity index (χ0) is 16.5. The summed E-state index contributed by atoms with van der Waals surface area (Å²) in [5.74, 6) is 1.62. The van der Waals surface area contributed by atoms with Crippen LogP contribution in [-0.2, 0) is 18.3 Å². The van der Waals surface area contributed by atoms with Gasteiger partial charge in [-0.05, 0) is 24.3 Å². The third kappa shape index (κ3) is 2.64. The van der Waals surface area contributed by atoms with E-state index in [9.17, 15) is 4.79 Å². The van der Waals surface area contributed by atoms with Crippen molar-refractivity contribution in [3.63, 3.8) is 0 Å². The fourth-order valence-corrected chi connectivity index (χ4v) is 3.16. The largest absolute Gasteiger partial charge is 0.468 e. The van der Waals surface area contributed by atoms with E-state index in [1.54, 1.807) is 17.9 Å². The quantitative estimate of drug-likeness (QED) is 0.738. The standard InChI is InChI=1S/C18H19N3O3/c1-20-17(19-14-6-3-2-5-13(14)18(20)22)11-21-8-10-23-12-15(21)16-7-4-9-24-16/h2-7,9,15H,8,10-12H2,1H3. The lowest BCUT2D eigenvalue weighted by Gasteiger charge is -2.34. The first-order chi connectivity index (χ1) is 11.7. The molecule has 1 aromatic carbocycles. The summed E-state index contributed by atoms with van der Waals surface area (Å²) in [5, 5.41) is 0.647. The predicted octanol–water partition coefficient (Wildman–Crippen LogP) is 2.10. The molecule has 4 rings (SSSR count). The second-order valence-corrected chi connectivity index (χ2v) is 5.99. The first-order valence-electron chi connectivity index (χ1n) is 8.04. The number of hydrogen-bond acceptors (Lipinski definition) is 5. The Labute approximate surface area is 139 Å². The minimum absolute atomic E-state index is 0.0154. The molecule has 0 bridgehead atoms. The number of nitrogens with zero attached hydrogens (tertiary/aromatic N) is 3. The molecule has 3 aromatic rings. The van der Waals surface area contributed by atoms with E-state index in [0.29, 0.717) is 25.1 Å². The van der Waals surface area contributed by atoms with Crippen LogP contribution < -0.4 is 5.56 Å². The number of benzene rings is 1. The van der Waals surface area contributed by atoms with Gasteiger partial charge in [-0.25, -0.2) is 4.98 Å². The summed E-state index contributed by atoms with van der Waals surface area (Å²) in [6, 6.07) is 11.3. The second-order valence-electron chi connectivity index (χ2n) is 5.99. The Bertz CT molecular complexity index is 902. The summed E-state index contributed by atoms with van der Waals surface area (Å²) in [7, 11) is 1.78. The zero-order valence-corrected chi connectivity index (χ0v) is 13.5. The molecule has 1 aliphatic heterocycles. The molecule has 1 fully saturated rings. The van der Waals surface area contributed by atoms with E-state index in [0.717, 1.165) is 23.6 Å². The van der Waals surface area contributed by atoms with Gasteiger partial charge in [0, 0.05) is 13.6 Å². The molecular weight excluding hydrogens is 306 g/mol. The number of aromatic nitrogens is 2. The lowest BCUT2D eigenvalue weighted by Crippen LogP contribution is -2.40. The average Bonchev–Trinajstić information content (AvgIpc) is 3.14. The van der Waals surface area contributed by atoms with Gasteiger partial charge in [0.15, 0.2) is 0 Å². The highest BCUT2D eigenvalue weighted by Crippen LogP contribution is 2.26. The molecule has 24 heavy (non-hydrogen) atoms. The Morgan fingerprint density at radius 2 is 2.12 bits per heavy atom. The molecule has 0 saturated carbocycles. The first kappa shape index (κ1) is 15.1. The van der Waals surface area contributed by atoms with Crippen LogP contribution in [0.2, 0.25) is 0 Å². The summed E-state index contributed by atoms with van der Waals surface area (Å²) in [6.45, 7) is 2.59. The molecule has 6 nitrogen and oxygen atoms in total. The molecule has 0 aliphatic carbocycles. The molecule has 2 aromatic heterocycles. The second kappa shape index (κ2) is 6.22. The van der Waals surface area contributed by atoms with Crippen molar-refractivity contribution in [2.24, 2.45) is 7.05 Å². The van der Waals surface area contributed by atoms with Crippen molar-refractivity contribution < 1.29 is 9.15 Å². The fraction of sp³-hybridized carbons (Fsp3) is 0.333. The van der Waals surface area contributed by atoms with Crippen molar-refractivity contribution in [3.8, 4) is 0 Å². The van der Waals surface area contributed by atoms with Gasteiger partial charge >= 0.3 is 0 Å². The third-order valence-corrected chi connectivity index (χ3v) is 4.53. The summed E-state index contributed by atoms with van der Waals surface area (Å²) >= 11 is 0. The molecule has 0 radical (unpaired) electrons. The molecule has 1 aliphatic rings. The highest BCUT2D eigenvalue weighted by molar-refractivity contribution is 5.77. The van der Waals surface area contributed by atoms with Crippen molar-refractivity contribution in [2.45, 2.75) is 12.6 Å². The Morgan fingerprint density at radius 3 is 2.96 bits per heavy atom. The van der Waals surface area contributed by atoms with Crippen LogP contribution in [0.25, 0.3) is 10.9 Å². The number of ether oxygens (including phenoxy) is 1. The number of rotatable bonds is 3. The maximum atomic E-state index is 12.6. The van der Waals surface area contributed by atoms with E-state index in [1.807, 2.05) is 36.4 Å². The summed E-state index contributed by atoms with van der Waals surface area (Å²) in [4.78, 5) is 19.5. The van der Waals surface area contributed by atoms with Crippen molar-refractivity contribution >= 4 is 10.9 Å². The van der Waals surface area contributed by atoms with Crippen LogP contribution >= 0.6 is 0 Å². The number of hydrogen-bond donors (Lipinski definition) is 0. The normalized spacial score (nSPS) is 19.0. The van der Waals surface area contributed by atoms with Gasteiger partial charge in [-0.1, -0.05) is 12.1 Å². The van der Waals surface area contributed by atoms with Crippen LogP contribution in [0.5, 0.6) is 0 Å². The molecule has 6 heteroatoms. The SMILES string of the molecule is Cn1c(CN2CCOCC2c2ccco2)nc2ccccc2c1=O. The van der Waals surface area contributed by atoms with Gasteiger partial charge in [-0.3, -0.25) is 14.3 Å². The van der Waals surface area contributed by atoms with Gasteiger partial charge < -0.3 is 9.15 Å². The molecule has 1 atom stereocenters. The van der Waals surface area contributed by atoms with Crippen LogP contribution in [0.3, 0.4) is 0 Å². The van der Waals surface area contributed by atoms with Crippen LogP contribution in [0.4, 0.5) is 0 Å². The molecule has 0 spiro atoms. The Balaban J connectivity index is 1.70. The molecule has 124 valence electrons. The molecule has 0 amide bonds. The zero-order valence-electron chi connectivity index (χ0n) is 13.5. The van der Waals surface area contributed by atoms with Crippen LogP contribution in [0.15, 0.2) is 51.9 Å². The van der Waals surface area contributed by atoms with Gasteiger partial charge in [0.1, 0.15) is 11.6 Å². The smallest absolute Gasteiger partial charge is 0.261 e. The number of furan rings is 1. The summed E-state index contributed by atoms with van der Waals surface area (Å²) in [6.07, 6.45) is 1.67. The van der Waals surface area contributed by atoms with E-state index < -0.39 is 0 Å². The van der Waals surface area contributed by atoms with Crippen LogP contribution in [-0.4, -0.2) is 34.2 Å². The number of morpholine rings is 1. The highest BCUT2D eigenvalue weighted by Gasteiger charge is 2.27. The molecule has 1 unspecified atom stereocenters. The van der Waals surface area contributed by atoms with E-state index in [4.69, 9.17) is 14.1 Å². The van der Waals surface area contributed by atoms with E-state index >= 15 is 0 Å². The lowest BCUT2D eigenvalue weighted by molar-refractivity contribution is -0.0218. The maximum Gasteiger partial charge on any atom is 0.261 e. The van der Waals surface area contributed by atoms with Crippen molar-refractivity contribution in [1.82, 2.24) is 14.5 Å². The van der Waals surface area contributed by atoms with Crippen molar-refractivity contribution in [1.29, 1.82) is 0 Å². The summed E-state index contributed by atoms with van der Waals surface area (Å²) < 4.78 is 12.8. The van der Waals surface area contributed by atoms with Gasteiger partial charge in [0.05, 0.1) is 43.0 Å². The van der Waals surface area contributed by atoms with Gasteiger partial charge in [0.25, 0.3) is 5.56 Å². The van der Waals surface area contributed by atoms with E-state index in [2.05, 4.69) is 4.90 Å². The topological polar surface area (TPSA) is 60.5 Å². The highest BCUT2D eigenvalue weighted by atomic mass is 16.5. The molecule has 3 heterocycles. The Morgan fingerprint density at radius 1 is 1.25 bits per heavy atom. The molecular formula is C18H19N3O3. The minimum Gasteiger partial charge on any atom is -0.468 e. The maximum absolute atomic E-state index is 12.6. The summed E-state index contributed by atoms with van der Waals surface area (Å²) in [5.41, 5.74) is 0.719. The molecule has 1 saturated heterocycles. The lowest BCUT2D eigenvalue weighted by atomic mass is 10.1. The molecule has 0 N–H and O–H groups in total. The minimum atomic E-state index is -0.0154.